The number of likely N-dealkylation sites (N-methyl/N-ethyl adjacent to an activating group) is 1. The lowest BCUT2D eigenvalue weighted by atomic mass is 10.1. The number of nitrogens with one attached hydrogen (secondary N) is 1. The summed E-state index contributed by atoms with van der Waals surface area (Å²) in [5, 5.41) is 4.24. The SMILES string of the molecule is CN(C)CCNc1ccc2ncn3c4ccc(F)cc4c(=O)c1c23. The highest BCUT2D eigenvalue weighted by Gasteiger charge is 2.16. The first-order valence-electron chi connectivity index (χ1n) is 7.79. The maximum Gasteiger partial charge on any atom is 0.199 e. The minimum absolute atomic E-state index is 0.171. The summed E-state index contributed by atoms with van der Waals surface area (Å²) >= 11 is 0. The smallest absolute Gasteiger partial charge is 0.199 e. The lowest BCUT2D eigenvalue weighted by molar-refractivity contribution is 0.425. The Bertz CT molecular complexity index is 1100. The van der Waals surface area contributed by atoms with Crippen LogP contribution in [0.4, 0.5) is 10.1 Å². The van der Waals surface area contributed by atoms with Gasteiger partial charge in [0.25, 0.3) is 0 Å². The third-order valence-corrected chi connectivity index (χ3v) is 4.27. The standard InChI is InChI=1S/C18H17FN4O/c1-22(2)8-7-20-13-4-5-14-17-16(13)18(24)12-9-11(19)3-6-15(12)23(17)10-21-14/h3-6,9-10,20H,7-8H2,1-2H3. The molecular formula is C18H17FN4O. The van der Waals surface area contributed by atoms with Crippen LogP contribution in [0, 0.1) is 5.82 Å². The summed E-state index contributed by atoms with van der Waals surface area (Å²) in [7, 11) is 3.99. The summed E-state index contributed by atoms with van der Waals surface area (Å²) in [5.41, 5.74) is 2.78. The fraction of sp³-hybridized carbons (Fsp3) is 0.222. The highest BCUT2D eigenvalue weighted by molar-refractivity contribution is 6.06. The van der Waals surface area contributed by atoms with E-state index in [1.165, 1.54) is 12.1 Å². The number of nitrogens with zero attached hydrogens (tertiary/aromatic N) is 3. The molecule has 0 saturated heterocycles. The summed E-state index contributed by atoms with van der Waals surface area (Å²) in [5.74, 6) is -0.417. The van der Waals surface area contributed by atoms with E-state index in [1.54, 1.807) is 12.4 Å². The van der Waals surface area contributed by atoms with Crippen molar-refractivity contribution >= 4 is 33.0 Å². The van der Waals surface area contributed by atoms with E-state index in [4.69, 9.17) is 0 Å². The first-order chi connectivity index (χ1) is 11.6. The molecule has 1 N–H and O–H groups in total. The van der Waals surface area contributed by atoms with E-state index in [2.05, 4.69) is 15.2 Å². The summed E-state index contributed by atoms with van der Waals surface area (Å²) < 4.78 is 15.5. The Balaban J connectivity index is 2.02. The molecule has 4 aromatic rings. The van der Waals surface area contributed by atoms with Gasteiger partial charge in [0.05, 0.1) is 21.9 Å². The van der Waals surface area contributed by atoms with Crippen molar-refractivity contribution in [1.29, 1.82) is 0 Å². The topological polar surface area (TPSA) is 49.6 Å². The third-order valence-electron chi connectivity index (χ3n) is 4.27. The molecule has 5 nitrogen and oxygen atoms in total. The zero-order chi connectivity index (χ0) is 16.8. The van der Waals surface area contributed by atoms with Gasteiger partial charge in [-0.25, -0.2) is 9.37 Å². The molecule has 0 saturated carbocycles. The van der Waals surface area contributed by atoms with Crippen LogP contribution in [-0.2, 0) is 0 Å². The number of benzene rings is 2. The van der Waals surface area contributed by atoms with Gasteiger partial charge in [0.2, 0.25) is 0 Å². The Morgan fingerprint density at radius 3 is 2.88 bits per heavy atom. The number of hydrogen-bond donors (Lipinski definition) is 1. The van der Waals surface area contributed by atoms with Crippen molar-refractivity contribution in [3.63, 3.8) is 0 Å². The maximum atomic E-state index is 13.7. The zero-order valence-electron chi connectivity index (χ0n) is 13.5. The Morgan fingerprint density at radius 2 is 2.08 bits per heavy atom. The predicted octanol–water partition coefficient (Wildman–Crippen LogP) is 2.55. The van der Waals surface area contributed by atoms with Gasteiger partial charge < -0.3 is 10.2 Å². The molecule has 0 bridgehead atoms. The van der Waals surface area contributed by atoms with Gasteiger partial charge in [0.15, 0.2) is 5.43 Å². The molecule has 2 heterocycles. The minimum atomic E-state index is -0.417. The lowest BCUT2D eigenvalue weighted by Gasteiger charge is -2.14. The summed E-state index contributed by atoms with van der Waals surface area (Å²) in [6.45, 7) is 1.55. The summed E-state index contributed by atoms with van der Waals surface area (Å²) in [6, 6.07) is 8.05. The first-order valence-corrected chi connectivity index (χ1v) is 7.79. The van der Waals surface area contributed by atoms with Crippen LogP contribution in [0.2, 0.25) is 0 Å². The molecule has 0 aliphatic rings. The number of rotatable bonds is 4. The Morgan fingerprint density at radius 1 is 1.25 bits per heavy atom. The average Bonchev–Trinajstić information content (AvgIpc) is 2.97. The highest BCUT2D eigenvalue weighted by atomic mass is 19.1. The molecule has 6 heteroatoms. The number of halogens is 1. The van der Waals surface area contributed by atoms with Crippen LogP contribution in [0.15, 0.2) is 41.5 Å². The molecule has 0 fully saturated rings. The number of pyridine rings is 1. The summed E-state index contributed by atoms with van der Waals surface area (Å²) in [6.07, 6.45) is 1.68. The van der Waals surface area contributed by atoms with E-state index in [0.717, 1.165) is 23.3 Å². The summed E-state index contributed by atoms with van der Waals surface area (Å²) in [4.78, 5) is 19.4. The minimum Gasteiger partial charge on any atom is -0.383 e. The van der Waals surface area contributed by atoms with Gasteiger partial charge in [-0.2, -0.15) is 0 Å². The number of anilines is 1. The van der Waals surface area contributed by atoms with Crippen molar-refractivity contribution in [3.8, 4) is 0 Å². The van der Waals surface area contributed by atoms with Crippen LogP contribution >= 0.6 is 0 Å². The fourth-order valence-electron chi connectivity index (χ4n) is 3.11. The third kappa shape index (κ3) is 2.18. The van der Waals surface area contributed by atoms with Crippen LogP contribution in [0.3, 0.4) is 0 Å². The van der Waals surface area contributed by atoms with Crippen molar-refractivity contribution in [2.75, 3.05) is 32.5 Å². The molecule has 0 atom stereocenters. The molecule has 0 spiro atoms. The van der Waals surface area contributed by atoms with Gasteiger partial charge in [-0.05, 0) is 44.4 Å². The molecule has 122 valence electrons. The van der Waals surface area contributed by atoms with E-state index in [-0.39, 0.29) is 5.43 Å². The largest absolute Gasteiger partial charge is 0.383 e. The molecule has 0 amide bonds. The van der Waals surface area contributed by atoms with E-state index >= 15 is 0 Å². The molecular weight excluding hydrogens is 307 g/mol. The van der Waals surface area contributed by atoms with Crippen molar-refractivity contribution in [2.45, 2.75) is 0 Å². The molecule has 2 aromatic heterocycles. The fourth-order valence-corrected chi connectivity index (χ4v) is 3.11. The normalized spacial score (nSPS) is 12.0. The molecule has 2 aromatic carbocycles. The molecule has 0 aliphatic heterocycles. The van der Waals surface area contributed by atoms with Gasteiger partial charge in [-0.3, -0.25) is 9.20 Å². The quantitative estimate of drug-likeness (QED) is 0.586. The van der Waals surface area contributed by atoms with Crippen LogP contribution in [0.1, 0.15) is 0 Å². The number of fused-ring (bicyclic) bond motifs is 2. The van der Waals surface area contributed by atoms with Gasteiger partial charge >= 0.3 is 0 Å². The second-order valence-electron chi connectivity index (χ2n) is 6.19. The van der Waals surface area contributed by atoms with Gasteiger partial charge in [-0.1, -0.05) is 0 Å². The molecule has 0 radical (unpaired) electrons. The first kappa shape index (κ1) is 14.8. The molecule has 24 heavy (non-hydrogen) atoms. The number of imidazole rings is 1. The molecule has 0 unspecified atom stereocenters. The Hall–Kier alpha value is -2.73. The molecule has 4 rings (SSSR count). The van der Waals surface area contributed by atoms with E-state index < -0.39 is 5.82 Å². The van der Waals surface area contributed by atoms with E-state index in [1.807, 2.05) is 30.6 Å². The Kier molecular flexibility index (Phi) is 3.35. The van der Waals surface area contributed by atoms with Gasteiger partial charge in [0, 0.05) is 24.2 Å². The maximum absolute atomic E-state index is 13.7. The van der Waals surface area contributed by atoms with E-state index in [9.17, 15) is 9.18 Å². The second-order valence-corrected chi connectivity index (χ2v) is 6.19. The number of hydrogen-bond acceptors (Lipinski definition) is 4. The lowest BCUT2D eigenvalue weighted by Crippen LogP contribution is -2.21. The zero-order valence-corrected chi connectivity index (χ0v) is 13.5. The van der Waals surface area contributed by atoms with Crippen molar-refractivity contribution in [2.24, 2.45) is 0 Å². The second kappa shape index (κ2) is 5.42. The van der Waals surface area contributed by atoms with Crippen LogP contribution in [0.25, 0.3) is 27.3 Å². The monoisotopic (exact) mass is 324 g/mol. The highest BCUT2D eigenvalue weighted by Crippen LogP contribution is 2.28. The van der Waals surface area contributed by atoms with E-state index in [0.29, 0.717) is 22.8 Å². The number of aromatic nitrogens is 2. The van der Waals surface area contributed by atoms with Gasteiger partial charge in [-0.15, -0.1) is 0 Å². The van der Waals surface area contributed by atoms with Crippen LogP contribution in [-0.4, -0.2) is 41.5 Å². The Labute approximate surface area is 137 Å². The van der Waals surface area contributed by atoms with Gasteiger partial charge in [0.1, 0.15) is 12.1 Å². The average molecular weight is 324 g/mol. The molecule has 0 aliphatic carbocycles. The van der Waals surface area contributed by atoms with Crippen molar-refractivity contribution in [3.05, 3.63) is 52.7 Å². The van der Waals surface area contributed by atoms with Crippen LogP contribution in [0.5, 0.6) is 0 Å². The van der Waals surface area contributed by atoms with Crippen molar-refractivity contribution in [1.82, 2.24) is 14.3 Å². The van der Waals surface area contributed by atoms with Crippen molar-refractivity contribution < 1.29 is 4.39 Å². The predicted molar refractivity (Wildman–Crippen MR) is 94.7 cm³/mol. The van der Waals surface area contributed by atoms with Crippen LogP contribution < -0.4 is 10.7 Å².